The summed E-state index contributed by atoms with van der Waals surface area (Å²) in [5.74, 6) is -1.59. The fraction of sp³-hybridized carbons (Fsp3) is 0.120. The van der Waals surface area contributed by atoms with Crippen LogP contribution in [0.4, 0.5) is 11.4 Å². The molecular formula is C25H22N2O10S2. The van der Waals surface area contributed by atoms with Crippen LogP contribution in [0.5, 0.6) is 11.5 Å². The monoisotopic (exact) mass is 574 g/mol. The van der Waals surface area contributed by atoms with Crippen molar-refractivity contribution in [2.45, 2.75) is 29.1 Å². The summed E-state index contributed by atoms with van der Waals surface area (Å²) in [5.41, 5.74) is 0.667. The minimum atomic E-state index is -4.50. The first-order valence-electron chi connectivity index (χ1n) is 11.3. The molecule has 6 N–H and O–H groups in total. The molecule has 0 aromatic heterocycles. The lowest BCUT2D eigenvalue weighted by Crippen LogP contribution is -2.14. The summed E-state index contributed by atoms with van der Waals surface area (Å²) in [5, 5.41) is 26.7. The Labute approximate surface area is 222 Å². The van der Waals surface area contributed by atoms with Crippen molar-refractivity contribution in [3.63, 3.8) is 0 Å². The summed E-state index contributed by atoms with van der Waals surface area (Å²) in [6.07, 6.45) is 0.191. The van der Waals surface area contributed by atoms with Gasteiger partial charge in [0.15, 0.2) is 0 Å². The molecule has 0 saturated heterocycles. The summed E-state index contributed by atoms with van der Waals surface area (Å²) in [6.45, 7) is 0. The summed E-state index contributed by atoms with van der Waals surface area (Å²) in [4.78, 5) is 23.7. The van der Waals surface area contributed by atoms with Gasteiger partial charge in [-0.25, -0.2) is 0 Å². The zero-order chi connectivity index (χ0) is 28.5. The SMILES string of the molecule is O=C(CCCC(=O)Nc1ccc2cc(S(=O)(=O)O)cc(O)c2c1)Nc1ccc2cc(S(=O)(=O)O)cc(O)c2c1. The van der Waals surface area contributed by atoms with Crippen LogP contribution in [0, 0.1) is 0 Å². The number of amides is 2. The Kier molecular flexibility index (Phi) is 7.48. The van der Waals surface area contributed by atoms with Crippen LogP contribution in [0.25, 0.3) is 21.5 Å². The van der Waals surface area contributed by atoms with Crippen LogP contribution >= 0.6 is 0 Å². The average molecular weight is 575 g/mol. The number of phenolic OH excluding ortho intramolecular Hbond substituents is 2. The van der Waals surface area contributed by atoms with Crippen molar-refractivity contribution in [2.75, 3.05) is 10.6 Å². The molecule has 0 aliphatic heterocycles. The topological polar surface area (TPSA) is 207 Å². The van der Waals surface area contributed by atoms with E-state index < -0.39 is 53.3 Å². The van der Waals surface area contributed by atoms with E-state index in [1.165, 1.54) is 48.5 Å². The van der Waals surface area contributed by atoms with E-state index >= 15 is 0 Å². The van der Waals surface area contributed by atoms with E-state index in [-0.39, 0.29) is 30.0 Å². The first-order chi connectivity index (χ1) is 18.2. The number of rotatable bonds is 8. The van der Waals surface area contributed by atoms with Gasteiger partial charge >= 0.3 is 0 Å². The molecule has 0 unspecified atom stereocenters. The average Bonchev–Trinajstić information content (AvgIpc) is 2.83. The number of nitrogens with one attached hydrogen (secondary N) is 2. The Morgan fingerprint density at radius 1 is 0.615 bits per heavy atom. The van der Waals surface area contributed by atoms with E-state index in [9.17, 15) is 45.7 Å². The summed E-state index contributed by atoms with van der Waals surface area (Å²) >= 11 is 0. The standard InChI is InChI=1S/C25H22N2O10S2/c28-22-12-18(38(32,33)34)8-14-4-6-16(10-20(14)22)26-24(30)2-1-3-25(31)27-17-7-5-15-9-19(39(35,36)37)13-23(29)21(15)11-17/h4-13,28-29H,1-3H2,(H,26,30)(H,27,31)(H,32,33,34)(H,35,36,37). The van der Waals surface area contributed by atoms with E-state index in [2.05, 4.69) is 10.6 Å². The van der Waals surface area contributed by atoms with Gasteiger partial charge in [-0.3, -0.25) is 18.7 Å². The predicted octanol–water partition coefficient (Wildman–Crippen LogP) is 3.65. The minimum absolute atomic E-state index is 0.00392. The van der Waals surface area contributed by atoms with Gasteiger partial charge in [0, 0.05) is 47.1 Å². The number of carbonyl (C=O) groups excluding carboxylic acids is 2. The van der Waals surface area contributed by atoms with E-state index in [4.69, 9.17) is 0 Å². The summed E-state index contributed by atoms with van der Waals surface area (Å²) in [6, 6.07) is 13.0. The summed E-state index contributed by atoms with van der Waals surface area (Å²) in [7, 11) is -9.01. The molecule has 204 valence electrons. The quantitative estimate of drug-likeness (QED) is 0.168. The molecule has 0 radical (unpaired) electrons. The van der Waals surface area contributed by atoms with Gasteiger partial charge < -0.3 is 20.8 Å². The predicted molar refractivity (Wildman–Crippen MR) is 142 cm³/mol. The number of aromatic hydroxyl groups is 2. The Balaban J connectivity index is 1.34. The van der Waals surface area contributed by atoms with Crippen LogP contribution in [0.2, 0.25) is 0 Å². The second-order valence-corrected chi connectivity index (χ2v) is 11.5. The molecule has 39 heavy (non-hydrogen) atoms. The largest absolute Gasteiger partial charge is 0.507 e. The fourth-order valence-corrected chi connectivity index (χ4v) is 5.01. The van der Waals surface area contributed by atoms with Crippen LogP contribution in [-0.2, 0) is 29.8 Å². The van der Waals surface area contributed by atoms with Gasteiger partial charge in [0.1, 0.15) is 11.5 Å². The van der Waals surface area contributed by atoms with E-state index in [1.54, 1.807) is 0 Å². The smallest absolute Gasteiger partial charge is 0.294 e. The van der Waals surface area contributed by atoms with Crippen molar-refractivity contribution in [2.24, 2.45) is 0 Å². The molecule has 0 bridgehead atoms. The lowest BCUT2D eigenvalue weighted by Gasteiger charge is -2.10. The van der Waals surface area contributed by atoms with Gasteiger partial charge in [0.25, 0.3) is 20.2 Å². The van der Waals surface area contributed by atoms with Crippen molar-refractivity contribution in [3.05, 3.63) is 60.7 Å². The van der Waals surface area contributed by atoms with Gasteiger partial charge in [-0.1, -0.05) is 12.1 Å². The molecule has 0 saturated carbocycles. The molecule has 4 aromatic rings. The number of anilines is 2. The fourth-order valence-electron chi connectivity index (χ4n) is 3.93. The second-order valence-electron chi connectivity index (χ2n) is 8.66. The molecule has 0 spiro atoms. The zero-order valence-electron chi connectivity index (χ0n) is 19.9. The molecule has 0 fully saturated rings. The van der Waals surface area contributed by atoms with Crippen molar-refractivity contribution in [3.8, 4) is 11.5 Å². The van der Waals surface area contributed by atoms with Gasteiger partial charge in [-0.05, 0) is 53.6 Å². The molecular weight excluding hydrogens is 552 g/mol. The van der Waals surface area contributed by atoms with E-state index in [0.717, 1.165) is 12.1 Å². The Morgan fingerprint density at radius 3 is 1.36 bits per heavy atom. The molecule has 2 amide bonds. The number of hydrogen-bond donors (Lipinski definition) is 6. The zero-order valence-corrected chi connectivity index (χ0v) is 21.6. The number of benzene rings is 4. The first kappa shape index (κ1) is 27.8. The molecule has 0 atom stereocenters. The Morgan fingerprint density at radius 2 is 1.00 bits per heavy atom. The lowest BCUT2D eigenvalue weighted by molar-refractivity contribution is -0.117. The second kappa shape index (κ2) is 10.5. The van der Waals surface area contributed by atoms with Crippen LogP contribution in [-0.4, -0.2) is 48.0 Å². The summed E-state index contributed by atoms with van der Waals surface area (Å²) < 4.78 is 63.6. The van der Waals surface area contributed by atoms with E-state index in [0.29, 0.717) is 22.1 Å². The third kappa shape index (κ3) is 6.61. The molecule has 4 aromatic carbocycles. The van der Waals surface area contributed by atoms with Crippen LogP contribution in [0.3, 0.4) is 0 Å². The molecule has 0 aliphatic rings. The molecule has 14 heteroatoms. The highest BCUT2D eigenvalue weighted by atomic mass is 32.2. The minimum Gasteiger partial charge on any atom is -0.507 e. The number of fused-ring (bicyclic) bond motifs is 2. The van der Waals surface area contributed by atoms with Crippen LogP contribution < -0.4 is 10.6 Å². The molecule has 0 heterocycles. The number of hydrogen-bond acceptors (Lipinski definition) is 8. The molecule has 12 nitrogen and oxygen atoms in total. The van der Waals surface area contributed by atoms with Crippen molar-refractivity contribution < 1.29 is 45.7 Å². The van der Waals surface area contributed by atoms with Crippen molar-refractivity contribution >= 4 is 65.0 Å². The van der Waals surface area contributed by atoms with Gasteiger partial charge in [0.05, 0.1) is 9.79 Å². The van der Waals surface area contributed by atoms with Gasteiger partial charge in [0.2, 0.25) is 11.8 Å². The van der Waals surface area contributed by atoms with Crippen LogP contribution in [0.15, 0.2) is 70.5 Å². The van der Waals surface area contributed by atoms with E-state index in [1.807, 2.05) is 0 Å². The maximum absolute atomic E-state index is 12.3. The number of carbonyl (C=O) groups is 2. The van der Waals surface area contributed by atoms with Crippen molar-refractivity contribution in [1.29, 1.82) is 0 Å². The molecule has 0 aliphatic carbocycles. The Hall–Kier alpha value is -4.24. The molecule has 4 rings (SSSR count). The normalized spacial score (nSPS) is 11.9. The highest BCUT2D eigenvalue weighted by Gasteiger charge is 2.16. The first-order valence-corrected chi connectivity index (χ1v) is 14.2. The third-order valence-electron chi connectivity index (χ3n) is 5.78. The highest BCUT2D eigenvalue weighted by Crippen LogP contribution is 2.32. The highest BCUT2D eigenvalue weighted by molar-refractivity contribution is 7.86. The van der Waals surface area contributed by atoms with Crippen molar-refractivity contribution in [1.82, 2.24) is 0 Å². The van der Waals surface area contributed by atoms with Crippen LogP contribution in [0.1, 0.15) is 19.3 Å². The third-order valence-corrected chi connectivity index (χ3v) is 7.45. The maximum atomic E-state index is 12.3. The van der Waals surface area contributed by atoms with Gasteiger partial charge in [-0.2, -0.15) is 16.8 Å². The lowest BCUT2D eigenvalue weighted by atomic mass is 10.1. The van der Waals surface area contributed by atoms with Gasteiger partial charge in [-0.15, -0.1) is 0 Å². The number of phenols is 2. The Bertz CT molecular complexity index is 1720. The maximum Gasteiger partial charge on any atom is 0.294 e.